The Kier molecular flexibility index (Phi) is 8.43. The highest BCUT2D eigenvalue weighted by Crippen LogP contribution is 2.25. The molecule has 5 rings (SSSR count). The highest BCUT2D eigenvalue weighted by Gasteiger charge is 2.25. The van der Waals surface area contributed by atoms with E-state index in [0.717, 1.165) is 30.0 Å². The van der Waals surface area contributed by atoms with Crippen molar-refractivity contribution in [2.75, 3.05) is 25.0 Å². The Morgan fingerprint density at radius 2 is 1.70 bits per heavy atom. The maximum atomic E-state index is 13.5. The van der Waals surface area contributed by atoms with Gasteiger partial charge in [-0.05, 0) is 61.4 Å². The minimum atomic E-state index is -0.615. The molecule has 40 heavy (non-hydrogen) atoms. The van der Waals surface area contributed by atoms with Gasteiger partial charge in [0.2, 0.25) is 0 Å². The lowest BCUT2D eigenvalue weighted by Gasteiger charge is -2.32. The Hall–Kier alpha value is -4.61. The summed E-state index contributed by atoms with van der Waals surface area (Å²) in [6.45, 7) is 0.922. The number of nitrogens with one attached hydrogen (secondary N) is 1. The third-order valence-corrected chi connectivity index (χ3v) is 6.84. The van der Waals surface area contributed by atoms with Crippen molar-refractivity contribution in [3.63, 3.8) is 0 Å². The van der Waals surface area contributed by atoms with Gasteiger partial charge in [0.25, 0.3) is 11.8 Å². The number of anilines is 1. The third-order valence-electron chi connectivity index (χ3n) is 6.53. The predicted octanol–water partition coefficient (Wildman–Crippen LogP) is 5.57. The largest absolute Gasteiger partial charge is 0.484 e. The molecule has 1 aromatic heterocycles. The van der Waals surface area contributed by atoms with E-state index in [1.54, 1.807) is 12.4 Å². The summed E-state index contributed by atoms with van der Waals surface area (Å²) in [5.41, 5.74) is 2.96. The molecule has 1 saturated heterocycles. The molecule has 0 bridgehead atoms. The fraction of sp³-hybridized carbons (Fsp3) is 0.194. The number of rotatable bonds is 6. The van der Waals surface area contributed by atoms with Gasteiger partial charge in [0, 0.05) is 42.0 Å². The van der Waals surface area contributed by atoms with E-state index in [-0.39, 0.29) is 29.3 Å². The van der Waals surface area contributed by atoms with Gasteiger partial charge in [0.1, 0.15) is 11.6 Å². The Morgan fingerprint density at radius 1 is 1.00 bits per heavy atom. The molecule has 3 aromatic carbocycles. The van der Waals surface area contributed by atoms with Crippen LogP contribution in [0.5, 0.6) is 5.75 Å². The lowest BCUT2D eigenvalue weighted by molar-refractivity contribution is -0.118. The van der Waals surface area contributed by atoms with Crippen molar-refractivity contribution < 1.29 is 18.7 Å². The summed E-state index contributed by atoms with van der Waals surface area (Å²) >= 11 is 5.66. The minimum Gasteiger partial charge on any atom is -0.484 e. The molecule has 7 nitrogen and oxygen atoms in total. The van der Waals surface area contributed by atoms with Gasteiger partial charge in [-0.3, -0.25) is 14.3 Å². The van der Waals surface area contributed by atoms with E-state index >= 15 is 0 Å². The molecule has 4 aromatic rings. The van der Waals surface area contributed by atoms with Crippen LogP contribution in [0.4, 0.5) is 10.1 Å². The van der Waals surface area contributed by atoms with Gasteiger partial charge in [-0.1, -0.05) is 41.6 Å². The zero-order valence-corrected chi connectivity index (χ0v) is 22.3. The average molecular weight is 557 g/mol. The quantitative estimate of drug-likeness (QED) is 0.315. The van der Waals surface area contributed by atoms with E-state index in [1.165, 1.54) is 12.1 Å². The number of ether oxygens (including phenoxy) is 1. The van der Waals surface area contributed by atoms with Crippen molar-refractivity contribution in [3.05, 3.63) is 113 Å². The van der Waals surface area contributed by atoms with Gasteiger partial charge >= 0.3 is 0 Å². The highest BCUT2D eigenvalue weighted by atomic mass is 35.5. The summed E-state index contributed by atoms with van der Waals surface area (Å²) in [6.07, 6.45) is 4.82. The maximum Gasteiger partial charge on any atom is 0.262 e. The van der Waals surface area contributed by atoms with Crippen LogP contribution in [0.2, 0.25) is 5.02 Å². The lowest BCUT2D eigenvalue weighted by atomic mass is 10.0. The zero-order chi connectivity index (χ0) is 27.9. The molecule has 2 heterocycles. The Balaban J connectivity index is 1.09. The lowest BCUT2D eigenvalue weighted by Crippen LogP contribution is -2.39. The molecular formula is C31H26ClFN4O3. The Bertz CT molecular complexity index is 1550. The first-order valence-corrected chi connectivity index (χ1v) is 13.2. The molecule has 0 atom stereocenters. The van der Waals surface area contributed by atoms with Crippen LogP contribution in [0, 0.1) is 17.7 Å². The number of hydrogen-bond acceptors (Lipinski definition) is 4. The van der Waals surface area contributed by atoms with Crippen LogP contribution in [0.1, 0.15) is 40.4 Å². The molecule has 0 saturated carbocycles. The SMILES string of the molecule is O=C(COc1ccc(Cl)c(F)c1)Nc1cnn(C2CCN(C(=O)c3ccc(C#Cc4ccccc4)cc3)CC2)c1. The fourth-order valence-electron chi connectivity index (χ4n) is 4.39. The van der Waals surface area contributed by atoms with Crippen molar-refractivity contribution >= 4 is 29.1 Å². The van der Waals surface area contributed by atoms with E-state index in [2.05, 4.69) is 22.3 Å². The maximum absolute atomic E-state index is 13.5. The van der Waals surface area contributed by atoms with Crippen molar-refractivity contribution in [3.8, 4) is 17.6 Å². The highest BCUT2D eigenvalue weighted by molar-refractivity contribution is 6.30. The van der Waals surface area contributed by atoms with E-state index < -0.39 is 11.7 Å². The van der Waals surface area contributed by atoms with Crippen LogP contribution >= 0.6 is 11.6 Å². The molecule has 1 aliphatic heterocycles. The van der Waals surface area contributed by atoms with E-state index in [0.29, 0.717) is 24.3 Å². The van der Waals surface area contributed by atoms with Crippen molar-refractivity contribution in [2.45, 2.75) is 18.9 Å². The third kappa shape index (κ3) is 6.87. The van der Waals surface area contributed by atoms with Gasteiger partial charge in [0.05, 0.1) is 22.9 Å². The molecule has 2 amide bonds. The standard InChI is InChI=1S/C31H26ClFN4O3/c32-28-13-12-27(18-29(28)33)40-21-30(38)35-25-19-34-37(20-25)26-14-16-36(17-15-26)31(39)24-10-8-23(9-11-24)7-6-22-4-2-1-3-5-22/h1-5,8-13,18-20,26H,14-17,21H2,(H,35,38). The van der Waals surface area contributed by atoms with Gasteiger partial charge in [0.15, 0.2) is 6.61 Å². The number of hydrogen-bond donors (Lipinski definition) is 1. The fourth-order valence-corrected chi connectivity index (χ4v) is 4.51. The smallest absolute Gasteiger partial charge is 0.262 e. The first kappa shape index (κ1) is 27.0. The monoisotopic (exact) mass is 556 g/mol. The van der Waals surface area contributed by atoms with Gasteiger partial charge < -0.3 is 15.0 Å². The van der Waals surface area contributed by atoms with Gasteiger partial charge in [-0.25, -0.2) is 4.39 Å². The van der Waals surface area contributed by atoms with Crippen LogP contribution in [0.15, 0.2) is 85.2 Å². The second kappa shape index (κ2) is 12.5. The Labute approximate surface area is 236 Å². The molecule has 202 valence electrons. The zero-order valence-electron chi connectivity index (χ0n) is 21.5. The molecule has 0 radical (unpaired) electrons. The number of carbonyl (C=O) groups excluding carboxylic acids is 2. The predicted molar refractivity (Wildman–Crippen MR) is 151 cm³/mol. The van der Waals surface area contributed by atoms with Crippen LogP contribution < -0.4 is 10.1 Å². The number of halogens is 2. The number of likely N-dealkylation sites (tertiary alicyclic amines) is 1. The summed E-state index contributed by atoms with van der Waals surface area (Å²) in [5.74, 6) is 5.44. The normalized spacial score (nSPS) is 13.3. The second-order valence-electron chi connectivity index (χ2n) is 9.34. The summed E-state index contributed by atoms with van der Waals surface area (Å²) in [6, 6.07) is 21.2. The Morgan fingerprint density at radius 3 is 2.40 bits per heavy atom. The number of amides is 2. The van der Waals surface area contributed by atoms with Gasteiger partial charge in [-0.15, -0.1) is 0 Å². The number of piperidine rings is 1. The number of nitrogens with zero attached hydrogens (tertiary/aromatic N) is 3. The van der Waals surface area contributed by atoms with Crippen molar-refractivity contribution in [1.82, 2.24) is 14.7 Å². The van der Waals surface area contributed by atoms with Crippen LogP contribution in [0.25, 0.3) is 0 Å². The topological polar surface area (TPSA) is 76.5 Å². The molecule has 0 aliphatic carbocycles. The number of aromatic nitrogens is 2. The molecule has 0 unspecified atom stereocenters. The second-order valence-corrected chi connectivity index (χ2v) is 9.75. The number of carbonyl (C=O) groups is 2. The van der Waals surface area contributed by atoms with E-state index in [1.807, 2.05) is 64.2 Å². The first-order chi connectivity index (χ1) is 19.4. The van der Waals surface area contributed by atoms with Crippen LogP contribution in [-0.4, -0.2) is 46.2 Å². The molecular weight excluding hydrogens is 531 g/mol. The van der Waals surface area contributed by atoms with E-state index in [9.17, 15) is 14.0 Å². The molecule has 9 heteroatoms. The number of benzene rings is 3. The summed E-state index contributed by atoms with van der Waals surface area (Å²) in [4.78, 5) is 27.1. The van der Waals surface area contributed by atoms with Crippen LogP contribution in [-0.2, 0) is 4.79 Å². The summed E-state index contributed by atoms with van der Waals surface area (Å²) in [5, 5.41) is 7.10. The van der Waals surface area contributed by atoms with Crippen molar-refractivity contribution in [2.24, 2.45) is 0 Å². The van der Waals surface area contributed by atoms with Crippen LogP contribution in [0.3, 0.4) is 0 Å². The van der Waals surface area contributed by atoms with E-state index in [4.69, 9.17) is 16.3 Å². The van der Waals surface area contributed by atoms with Crippen molar-refractivity contribution in [1.29, 1.82) is 0 Å². The molecule has 0 spiro atoms. The molecule has 1 fully saturated rings. The first-order valence-electron chi connectivity index (χ1n) is 12.8. The molecule has 1 aliphatic rings. The summed E-state index contributed by atoms with van der Waals surface area (Å²) in [7, 11) is 0. The summed E-state index contributed by atoms with van der Waals surface area (Å²) < 4.78 is 20.7. The average Bonchev–Trinajstić information content (AvgIpc) is 3.45. The van der Waals surface area contributed by atoms with Gasteiger partial charge in [-0.2, -0.15) is 5.10 Å². The molecule has 1 N–H and O–H groups in total. The minimum absolute atomic E-state index is 0.00463.